The van der Waals surface area contributed by atoms with Crippen molar-refractivity contribution in [3.63, 3.8) is 0 Å². The van der Waals surface area contributed by atoms with Gasteiger partial charge in [0.1, 0.15) is 11.0 Å². The number of ether oxygens (including phenoxy) is 1. The third-order valence-electron chi connectivity index (χ3n) is 3.53. The van der Waals surface area contributed by atoms with E-state index in [0.29, 0.717) is 6.54 Å². The monoisotopic (exact) mass is 246 g/mol. The van der Waals surface area contributed by atoms with Crippen molar-refractivity contribution < 1.29 is 4.74 Å². The molecule has 2 N–H and O–H groups in total. The summed E-state index contributed by atoms with van der Waals surface area (Å²) in [6.07, 6.45) is 3.27. The van der Waals surface area contributed by atoms with Crippen molar-refractivity contribution >= 4 is 11.0 Å². The summed E-state index contributed by atoms with van der Waals surface area (Å²) in [5, 5.41) is 9.08. The van der Waals surface area contributed by atoms with E-state index in [-0.39, 0.29) is 6.23 Å². The Kier molecular flexibility index (Phi) is 3.01. The van der Waals surface area contributed by atoms with Crippen molar-refractivity contribution in [2.24, 2.45) is 5.73 Å². The largest absolute Gasteiger partial charge is 0.355 e. The SMILES string of the molecule is Cc1ccc2nn(C3CCCCO3)nc2c1CN. The van der Waals surface area contributed by atoms with E-state index in [4.69, 9.17) is 10.5 Å². The summed E-state index contributed by atoms with van der Waals surface area (Å²) in [4.78, 5) is 1.71. The summed E-state index contributed by atoms with van der Waals surface area (Å²) in [6, 6.07) is 4.04. The van der Waals surface area contributed by atoms with E-state index in [1.807, 2.05) is 12.1 Å². The van der Waals surface area contributed by atoms with Crippen molar-refractivity contribution in [1.29, 1.82) is 0 Å². The van der Waals surface area contributed by atoms with Crippen molar-refractivity contribution in [1.82, 2.24) is 15.0 Å². The van der Waals surface area contributed by atoms with Crippen LogP contribution in [0.4, 0.5) is 0 Å². The average molecular weight is 246 g/mol. The van der Waals surface area contributed by atoms with Gasteiger partial charge in [0.05, 0.1) is 0 Å². The topological polar surface area (TPSA) is 66.0 Å². The lowest BCUT2D eigenvalue weighted by Crippen LogP contribution is -2.20. The molecular formula is C13H18N4O. The first kappa shape index (κ1) is 11.6. The summed E-state index contributed by atoms with van der Waals surface area (Å²) in [5.41, 5.74) is 9.85. The molecular weight excluding hydrogens is 228 g/mol. The number of hydrogen-bond acceptors (Lipinski definition) is 4. The molecule has 1 aromatic carbocycles. The molecule has 0 amide bonds. The summed E-state index contributed by atoms with van der Waals surface area (Å²) in [7, 11) is 0. The predicted molar refractivity (Wildman–Crippen MR) is 69.0 cm³/mol. The second-order valence-corrected chi connectivity index (χ2v) is 4.77. The fourth-order valence-electron chi connectivity index (χ4n) is 2.44. The van der Waals surface area contributed by atoms with Gasteiger partial charge in [0.15, 0.2) is 6.23 Å². The highest BCUT2D eigenvalue weighted by Gasteiger charge is 2.19. The molecule has 5 nitrogen and oxygen atoms in total. The van der Waals surface area contributed by atoms with E-state index >= 15 is 0 Å². The molecule has 1 aliphatic heterocycles. The van der Waals surface area contributed by atoms with Crippen LogP contribution in [-0.2, 0) is 11.3 Å². The first-order valence-corrected chi connectivity index (χ1v) is 6.46. The zero-order valence-corrected chi connectivity index (χ0v) is 10.6. The van der Waals surface area contributed by atoms with E-state index in [0.717, 1.165) is 36.0 Å². The smallest absolute Gasteiger partial charge is 0.169 e. The van der Waals surface area contributed by atoms with Crippen LogP contribution in [0.2, 0.25) is 0 Å². The van der Waals surface area contributed by atoms with Crippen LogP contribution in [0, 0.1) is 6.92 Å². The maximum absolute atomic E-state index is 5.80. The standard InChI is InChI=1S/C13H18N4O/c1-9-5-6-11-13(10(9)8-14)16-17(15-11)12-4-2-3-7-18-12/h5-6,12H,2-4,7-8,14H2,1H3. The number of aryl methyl sites for hydroxylation is 1. The molecule has 1 fully saturated rings. The Morgan fingerprint density at radius 1 is 1.39 bits per heavy atom. The molecule has 1 saturated heterocycles. The maximum Gasteiger partial charge on any atom is 0.169 e. The van der Waals surface area contributed by atoms with E-state index in [1.165, 1.54) is 12.0 Å². The lowest BCUT2D eigenvalue weighted by atomic mass is 10.1. The van der Waals surface area contributed by atoms with Crippen LogP contribution in [0.1, 0.15) is 36.6 Å². The Morgan fingerprint density at radius 3 is 3.00 bits per heavy atom. The fraction of sp³-hybridized carbons (Fsp3) is 0.538. The molecule has 18 heavy (non-hydrogen) atoms. The minimum absolute atomic E-state index is 0.0166. The number of aromatic nitrogens is 3. The van der Waals surface area contributed by atoms with Gasteiger partial charge in [-0.1, -0.05) is 6.07 Å². The molecule has 0 saturated carbocycles. The number of nitrogens with two attached hydrogens (primary N) is 1. The van der Waals surface area contributed by atoms with Crippen LogP contribution in [0.3, 0.4) is 0 Å². The third-order valence-corrected chi connectivity index (χ3v) is 3.53. The summed E-state index contributed by atoms with van der Waals surface area (Å²) in [6.45, 7) is 3.34. The Hall–Kier alpha value is -1.46. The minimum atomic E-state index is -0.0166. The zero-order chi connectivity index (χ0) is 12.5. The first-order valence-electron chi connectivity index (χ1n) is 6.46. The highest BCUT2D eigenvalue weighted by molar-refractivity contribution is 5.78. The number of hydrogen-bond donors (Lipinski definition) is 1. The minimum Gasteiger partial charge on any atom is -0.355 e. The number of rotatable bonds is 2. The van der Waals surface area contributed by atoms with E-state index in [1.54, 1.807) is 4.80 Å². The van der Waals surface area contributed by atoms with Gasteiger partial charge in [-0.05, 0) is 43.4 Å². The molecule has 3 rings (SSSR count). The Balaban J connectivity index is 2.04. The van der Waals surface area contributed by atoms with Gasteiger partial charge in [0.25, 0.3) is 0 Å². The van der Waals surface area contributed by atoms with Crippen LogP contribution in [0.5, 0.6) is 0 Å². The molecule has 0 bridgehead atoms. The third kappa shape index (κ3) is 1.89. The highest BCUT2D eigenvalue weighted by Crippen LogP contribution is 2.24. The maximum atomic E-state index is 5.80. The Morgan fingerprint density at radius 2 is 2.28 bits per heavy atom. The molecule has 2 aromatic rings. The van der Waals surface area contributed by atoms with Crippen LogP contribution >= 0.6 is 0 Å². The molecule has 1 atom stereocenters. The van der Waals surface area contributed by atoms with Gasteiger partial charge in [-0.25, -0.2) is 0 Å². The van der Waals surface area contributed by atoms with Gasteiger partial charge >= 0.3 is 0 Å². The van der Waals surface area contributed by atoms with Crippen LogP contribution in [0.15, 0.2) is 12.1 Å². The summed E-state index contributed by atoms with van der Waals surface area (Å²) < 4.78 is 5.70. The van der Waals surface area contributed by atoms with Crippen molar-refractivity contribution in [2.45, 2.75) is 39.0 Å². The molecule has 1 aliphatic rings. The van der Waals surface area contributed by atoms with Crippen molar-refractivity contribution in [2.75, 3.05) is 6.61 Å². The fourth-order valence-corrected chi connectivity index (χ4v) is 2.44. The van der Waals surface area contributed by atoms with E-state index in [9.17, 15) is 0 Å². The quantitative estimate of drug-likeness (QED) is 0.878. The number of fused-ring (bicyclic) bond motifs is 1. The van der Waals surface area contributed by atoms with Gasteiger partial charge in [-0.15, -0.1) is 0 Å². The first-order chi connectivity index (χ1) is 8.79. The Labute approximate surface area is 106 Å². The van der Waals surface area contributed by atoms with Gasteiger partial charge in [0, 0.05) is 13.2 Å². The normalized spacial score (nSPS) is 20.4. The molecule has 5 heteroatoms. The second-order valence-electron chi connectivity index (χ2n) is 4.77. The van der Waals surface area contributed by atoms with Crippen LogP contribution < -0.4 is 5.73 Å². The average Bonchev–Trinajstić information content (AvgIpc) is 2.84. The van der Waals surface area contributed by atoms with Crippen molar-refractivity contribution in [3.8, 4) is 0 Å². The summed E-state index contributed by atoms with van der Waals surface area (Å²) >= 11 is 0. The Bertz CT molecular complexity index is 557. The molecule has 2 heterocycles. The number of nitrogens with zero attached hydrogens (tertiary/aromatic N) is 3. The van der Waals surface area contributed by atoms with E-state index in [2.05, 4.69) is 17.1 Å². The van der Waals surface area contributed by atoms with Gasteiger partial charge in [-0.2, -0.15) is 15.0 Å². The molecule has 0 aliphatic carbocycles. The zero-order valence-electron chi connectivity index (χ0n) is 10.6. The molecule has 0 spiro atoms. The van der Waals surface area contributed by atoms with Crippen molar-refractivity contribution in [3.05, 3.63) is 23.3 Å². The molecule has 0 radical (unpaired) electrons. The molecule has 1 unspecified atom stereocenters. The molecule has 1 aromatic heterocycles. The van der Waals surface area contributed by atoms with Gasteiger partial charge < -0.3 is 10.5 Å². The lowest BCUT2D eigenvalue weighted by molar-refractivity contribution is -0.0474. The number of benzene rings is 1. The summed E-state index contributed by atoms with van der Waals surface area (Å²) in [5.74, 6) is 0. The van der Waals surface area contributed by atoms with Gasteiger partial charge in [-0.3, -0.25) is 0 Å². The second kappa shape index (κ2) is 4.66. The highest BCUT2D eigenvalue weighted by atomic mass is 16.5. The van der Waals surface area contributed by atoms with Crippen LogP contribution in [0.25, 0.3) is 11.0 Å². The molecule has 96 valence electrons. The lowest BCUT2D eigenvalue weighted by Gasteiger charge is -2.21. The predicted octanol–water partition coefficient (Wildman–Crippen LogP) is 1.90. The van der Waals surface area contributed by atoms with E-state index < -0.39 is 0 Å². The van der Waals surface area contributed by atoms with Gasteiger partial charge in [0.2, 0.25) is 0 Å². The van der Waals surface area contributed by atoms with Crippen LogP contribution in [-0.4, -0.2) is 21.6 Å².